The second-order valence-corrected chi connectivity index (χ2v) is 10.3. The van der Waals surface area contributed by atoms with E-state index in [-0.39, 0.29) is 5.91 Å². The van der Waals surface area contributed by atoms with E-state index >= 15 is 0 Å². The van der Waals surface area contributed by atoms with Crippen molar-refractivity contribution >= 4 is 31.7 Å². The summed E-state index contributed by atoms with van der Waals surface area (Å²) in [5.41, 5.74) is 0.633. The number of amides is 1. The molecule has 1 amide bonds. The highest BCUT2D eigenvalue weighted by Crippen LogP contribution is 2.39. The first-order valence-corrected chi connectivity index (χ1v) is 10.8. The number of nitrogens with one attached hydrogen (secondary N) is 1. The number of carbonyl (C=O) groups is 1. The first kappa shape index (κ1) is 24.0. The zero-order chi connectivity index (χ0) is 23.2. The second kappa shape index (κ2) is 8.03. The summed E-state index contributed by atoms with van der Waals surface area (Å²) in [4.78, 5) is 16.1. The molecule has 0 radical (unpaired) electrons. The molecule has 0 spiro atoms. The lowest BCUT2D eigenvalue weighted by Crippen LogP contribution is -2.41. The molecule has 0 aromatic carbocycles. The van der Waals surface area contributed by atoms with E-state index in [1.54, 1.807) is 6.20 Å². The van der Waals surface area contributed by atoms with Crippen molar-refractivity contribution in [2.24, 2.45) is 0 Å². The van der Waals surface area contributed by atoms with Crippen LogP contribution in [0.4, 0.5) is 0 Å². The molecule has 31 heavy (non-hydrogen) atoms. The molecule has 0 atom stereocenters. The predicted octanol–water partition coefficient (Wildman–Crippen LogP) is 2.53. The highest BCUT2D eigenvalue weighted by Gasteiger charge is 2.53. The molecule has 2 aliphatic rings. The third-order valence-electron chi connectivity index (χ3n) is 6.77. The fraction of sp³-hybridized carbons (Fsp3) is 0.636. The van der Waals surface area contributed by atoms with Crippen LogP contribution in [0.25, 0.3) is 6.08 Å². The summed E-state index contributed by atoms with van der Waals surface area (Å²) >= 11 is 0. The lowest BCUT2D eigenvalue weighted by molar-refractivity contribution is -0.118. The third-order valence-corrected chi connectivity index (χ3v) is 6.77. The van der Waals surface area contributed by atoms with Gasteiger partial charge in [-0.25, -0.2) is 0 Å². The second-order valence-electron chi connectivity index (χ2n) is 10.3. The molecule has 1 aromatic heterocycles. The van der Waals surface area contributed by atoms with Crippen LogP contribution in [0.3, 0.4) is 0 Å². The number of hydrogen-bond acceptors (Lipinski definition) is 6. The summed E-state index contributed by atoms with van der Waals surface area (Å²) in [6.45, 7) is 17.9. The lowest BCUT2D eigenvalue weighted by atomic mass is 9.77. The SMILES string of the molecule is CC(=O)NCC(=Cc1ccc(B2OC(C)(C)C(C)(C)O2)cn1)B1OC(C)(C)C(C)(C)O1. The van der Waals surface area contributed by atoms with E-state index in [4.69, 9.17) is 18.6 Å². The van der Waals surface area contributed by atoms with Gasteiger partial charge in [-0.2, -0.15) is 0 Å². The zero-order valence-electron chi connectivity index (χ0n) is 20.2. The molecule has 2 fully saturated rings. The van der Waals surface area contributed by atoms with Crippen LogP contribution < -0.4 is 10.8 Å². The van der Waals surface area contributed by atoms with E-state index in [2.05, 4.69) is 10.3 Å². The Morgan fingerprint density at radius 3 is 1.90 bits per heavy atom. The fourth-order valence-corrected chi connectivity index (χ4v) is 3.23. The van der Waals surface area contributed by atoms with Gasteiger partial charge >= 0.3 is 14.2 Å². The lowest BCUT2D eigenvalue weighted by Gasteiger charge is -2.32. The molecule has 9 heteroatoms. The number of hydrogen-bond donors (Lipinski definition) is 1. The molecular formula is C22H34B2N2O5. The van der Waals surface area contributed by atoms with Gasteiger partial charge in [0.15, 0.2) is 0 Å². The first-order valence-electron chi connectivity index (χ1n) is 10.8. The van der Waals surface area contributed by atoms with Gasteiger partial charge in [0.05, 0.1) is 28.1 Å². The van der Waals surface area contributed by atoms with E-state index < -0.39 is 36.6 Å². The Hall–Kier alpha value is -1.67. The van der Waals surface area contributed by atoms with Gasteiger partial charge in [-0.3, -0.25) is 9.78 Å². The van der Waals surface area contributed by atoms with Crippen LogP contribution >= 0.6 is 0 Å². The normalized spacial score (nSPS) is 23.8. The smallest absolute Gasteiger partial charge is 0.400 e. The van der Waals surface area contributed by atoms with Crippen molar-refractivity contribution in [2.75, 3.05) is 6.54 Å². The Bertz CT molecular complexity index is 833. The van der Waals surface area contributed by atoms with E-state index in [1.807, 2.05) is 73.6 Å². The van der Waals surface area contributed by atoms with E-state index in [0.717, 1.165) is 16.6 Å². The van der Waals surface area contributed by atoms with Crippen molar-refractivity contribution in [1.29, 1.82) is 0 Å². The molecule has 2 saturated heterocycles. The maximum Gasteiger partial charge on any atom is 0.496 e. The number of carbonyl (C=O) groups excluding carboxylic acids is 1. The van der Waals surface area contributed by atoms with Crippen molar-refractivity contribution in [1.82, 2.24) is 10.3 Å². The van der Waals surface area contributed by atoms with E-state index in [0.29, 0.717) is 6.54 Å². The third kappa shape index (κ3) is 4.90. The van der Waals surface area contributed by atoms with Crippen molar-refractivity contribution in [2.45, 2.75) is 84.7 Å². The molecule has 2 aliphatic heterocycles. The number of nitrogens with zero attached hydrogens (tertiary/aromatic N) is 1. The number of aromatic nitrogens is 1. The van der Waals surface area contributed by atoms with E-state index in [9.17, 15) is 4.79 Å². The van der Waals surface area contributed by atoms with E-state index in [1.165, 1.54) is 6.92 Å². The molecule has 0 saturated carbocycles. The topological polar surface area (TPSA) is 78.9 Å². The summed E-state index contributed by atoms with van der Waals surface area (Å²) in [5, 5.41) is 2.84. The molecule has 7 nitrogen and oxygen atoms in total. The number of rotatable bonds is 5. The zero-order valence-corrected chi connectivity index (χ0v) is 20.2. The van der Waals surface area contributed by atoms with Gasteiger partial charge in [0.1, 0.15) is 0 Å². The molecule has 1 aromatic rings. The maximum absolute atomic E-state index is 11.5. The summed E-state index contributed by atoms with van der Waals surface area (Å²) in [7, 11) is -1.03. The quantitative estimate of drug-likeness (QED) is 0.727. The van der Waals surface area contributed by atoms with Crippen LogP contribution in [-0.2, 0) is 23.4 Å². The predicted molar refractivity (Wildman–Crippen MR) is 123 cm³/mol. The molecule has 0 bridgehead atoms. The Morgan fingerprint density at radius 1 is 0.935 bits per heavy atom. The first-order chi connectivity index (χ1) is 14.1. The molecule has 3 heterocycles. The molecule has 0 aliphatic carbocycles. The molecule has 168 valence electrons. The van der Waals surface area contributed by atoms with Gasteiger partial charge in [0, 0.05) is 25.1 Å². The van der Waals surface area contributed by atoms with Crippen LogP contribution in [0, 0.1) is 0 Å². The molecular weight excluding hydrogens is 394 g/mol. The highest BCUT2D eigenvalue weighted by molar-refractivity contribution is 6.62. The summed E-state index contributed by atoms with van der Waals surface area (Å²) in [5.74, 6) is -0.119. The Kier molecular flexibility index (Phi) is 6.21. The van der Waals surface area contributed by atoms with Crippen LogP contribution in [0.1, 0.15) is 68.0 Å². The van der Waals surface area contributed by atoms with Crippen molar-refractivity contribution in [3.63, 3.8) is 0 Å². The Morgan fingerprint density at radius 2 is 1.45 bits per heavy atom. The largest absolute Gasteiger partial charge is 0.496 e. The molecule has 0 unspecified atom stereocenters. The fourth-order valence-electron chi connectivity index (χ4n) is 3.23. The minimum atomic E-state index is -0.568. The van der Waals surface area contributed by atoms with Crippen LogP contribution in [0.15, 0.2) is 23.8 Å². The van der Waals surface area contributed by atoms with Gasteiger partial charge in [0.2, 0.25) is 5.91 Å². The minimum Gasteiger partial charge on any atom is -0.400 e. The Labute approximate surface area is 186 Å². The van der Waals surface area contributed by atoms with Gasteiger partial charge < -0.3 is 23.9 Å². The van der Waals surface area contributed by atoms with Gasteiger partial charge in [-0.05, 0) is 73.0 Å². The van der Waals surface area contributed by atoms with Crippen molar-refractivity contribution < 1.29 is 23.4 Å². The maximum atomic E-state index is 11.5. The van der Waals surface area contributed by atoms with Crippen LogP contribution in [0.2, 0.25) is 0 Å². The molecule has 1 N–H and O–H groups in total. The minimum absolute atomic E-state index is 0.119. The summed E-state index contributed by atoms with van der Waals surface area (Å²) in [6.07, 6.45) is 3.65. The summed E-state index contributed by atoms with van der Waals surface area (Å²) in [6, 6.07) is 3.85. The summed E-state index contributed by atoms with van der Waals surface area (Å²) < 4.78 is 24.5. The van der Waals surface area contributed by atoms with Crippen LogP contribution in [0.5, 0.6) is 0 Å². The van der Waals surface area contributed by atoms with Crippen molar-refractivity contribution in [3.8, 4) is 0 Å². The average molecular weight is 428 g/mol. The Balaban J connectivity index is 1.82. The van der Waals surface area contributed by atoms with Gasteiger partial charge in [-0.1, -0.05) is 6.07 Å². The standard InChI is InChI=1S/C22H34B2N2O5/c1-15(27)25-14-17(24-30-21(6,7)22(8,9)31-24)12-18-11-10-16(13-26-18)23-28-19(2,3)20(4,5)29-23/h10-13H,14H2,1-9H3,(H,25,27). The van der Waals surface area contributed by atoms with Crippen molar-refractivity contribution in [3.05, 3.63) is 29.5 Å². The molecule has 3 rings (SSSR count). The number of pyridine rings is 1. The monoisotopic (exact) mass is 428 g/mol. The highest BCUT2D eigenvalue weighted by atomic mass is 16.7. The van der Waals surface area contributed by atoms with Gasteiger partial charge in [0.25, 0.3) is 0 Å². The van der Waals surface area contributed by atoms with Gasteiger partial charge in [-0.15, -0.1) is 0 Å². The average Bonchev–Trinajstić information content (AvgIpc) is 2.98. The van der Waals surface area contributed by atoms with Crippen LogP contribution in [-0.4, -0.2) is 54.1 Å².